The molecule has 1 aliphatic heterocycles. The molecule has 0 saturated carbocycles. The van der Waals surface area contributed by atoms with Gasteiger partial charge in [-0.15, -0.1) is 0 Å². The summed E-state index contributed by atoms with van der Waals surface area (Å²) in [4.78, 5) is 23.3. The molecule has 6 heteroatoms. The standard InChI is InChI=1S/C22H23NO5/c1-13(19-10-11-20(28-19)21(24)25)23-22(26)27-12-18-16-8-4-2-6-14(16)15-7-3-5-9-17(15)18/h2-9,13,18-20H,10-12H2,1H3,(H,23,26)(H,24,25)/t13-,19-,20-/m0/s1. The van der Waals surface area contributed by atoms with Crippen molar-refractivity contribution in [3.05, 3.63) is 59.7 Å². The molecule has 1 fully saturated rings. The number of fused-ring (bicyclic) bond motifs is 3. The van der Waals surface area contributed by atoms with Gasteiger partial charge in [-0.1, -0.05) is 48.5 Å². The van der Waals surface area contributed by atoms with Gasteiger partial charge in [0, 0.05) is 5.92 Å². The molecule has 4 rings (SSSR count). The number of alkyl carbamates (subject to hydrolysis) is 1. The highest BCUT2D eigenvalue weighted by atomic mass is 16.6. The van der Waals surface area contributed by atoms with Crippen LogP contribution in [-0.2, 0) is 14.3 Å². The van der Waals surface area contributed by atoms with Gasteiger partial charge in [-0.05, 0) is 42.0 Å². The third kappa shape index (κ3) is 3.47. The van der Waals surface area contributed by atoms with E-state index in [1.807, 2.05) is 24.3 Å². The summed E-state index contributed by atoms with van der Waals surface area (Å²) < 4.78 is 11.0. The molecule has 3 atom stereocenters. The molecule has 1 saturated heterocycles. The third-order valence-electron chi connectivity index (χ3n) is 5.57. The van der Waals surface area contributed by atoms with Crippen LogP contribution in [0.25, 0.3) is 11.1 Å². The van der Waals surface area contributed by atoms with Crippen LogP contribution in [0.5, 0.6) is 0 Å². The number of rotatable bonds is 5. The average Bonchev–Trinajstić information content (AvgIpc) is 3.30. The summed E-state index contributed by atoms with van der Waals surface area (Å²) in [7, 11) is 0. The maximum absolute atomic E-state index is 12.3. The molecule has 1 heterocycles. The van der Waals surface area contributed by atoms with E-state index in [1.165, 1.54) is 11.1 Å². The molecule has 0 spiro atoms. The highest BCUT2D eigenvalue weighted by Crippen LogP contribution is 2.44. The van der Waals surface area contributed by atoms with E-state index in [-0.39, 0.29) is 24.7 Å². The summed E-state index contributed by atoms with van der Waals surface area (Å²) in [6, 6.07) is 16.0. The van der Waals surface area contributed by atoms with Gasteiger partial charge >= 0.3 is 12.1 Å². The molecule has 28 heavy (non-hydrogen) atoms. The Kier molecular flexibility index (Phi) is 5.05. The van der Waals surface area contributed by atoms with E-state index < -0.39 is 18.2 Å². The number of carboxylic acid groups (broad SMARTS) is 1. The van der Waals surface area contributed by atoms with Gasteiger partial charge in [0.2, 0.25) is 0 Å². The molecule has 0 aromatic heterocycles. The van der Waals surface area contributed by atoms with Crippen molar-refractivity contribution in [2.45, 2.75) is 43.9 Å². The van der Waals surface area contributed by atoms with Gasteiger partial charge in [-0.25, -0.2) is 9.59 Å². The fraction of sp³-hybridized carbons (Fsp3) is 0.364. The maximum Gasteiger partial charge on any atom is 0.407 e. The highest BCUT2D eigenvalue weighted by molar-refractivity contribution is 5.79. The molecule has 6 nitrogen and oxygen atoms in total. The second kappa shape index (κ2) is 7.64. The Morgan fingerprint density at radius 3 is 2.29 bits per heavy atom. The first-order valence-electron chi connectivity index (χ1n) is 9.54. The number of carboxylic acids is 1. The van der Waals surface area contributed by atoms with E-state index in [0.717, 1.165) is 11.1 Å². The first-order chi connectivity index (χ1) is 13.5. The molecule has 2 aromatic rings. The van der Waals surface area contributed by atoms with Crippen LogP contribution in [0.3, 0.4) is 0 Å². The number of carbonyl (C=O) groups excluding carboxylic acids is 1. The van der Waals surface area contributed by atoms with E-state index >= 15 is 0 Å². The normalized spacial score (nSPS) is 21.6. The van der Waals surface area contributed by atoms with Crippen molar-refractivity contribution in [2.24, 2.45) is 0 Å². The predicted octanol–water partition coefficient (Wildman–Crippen LogP) is 3.55. The van der Waals surface area contributed by atoms with Crippen LogP contribution in [0.4, 0.5) is 4.79 Å². The minimum atomic E-state index is -0.962. The van der Waals surface area contributed by atoms with E-state index in [4.69, 9.17) is 14.6 Å². The largest absolute Gasteiger partial charge is 0.479 e. The SMILES string of the molecule is C[C@H](NC(=O)OCC1c2ccccc2-c2ccccc21)[C@@H]1CC[C@@H](C(=O)O)O1. The van der Waals surface area contributed by atoms with Crippen molar-refractivity contribution >= 4 is 12.1 Å². The van der Waals surface area contributed by atoms with Gasteiger partial charge in [-0.3, -0.25) is 0 Å². The molecule has 0 bridgehead atoms. The van der Waals surface area contributed by atoms with Crippen LogP contribution in [-0.4, -0.2) is 42.0 Å². The molecule has 0 radical (unpaired) electrons. The Morgan fingerprint density at radius 2 is 1.71 bits per heavy atom. The second-order valence-electron chi connectivity index (χ2n) is 7.34. The number of amides is 1. The summed E-state index contributed by atoms with van der Waals surface area (Å²) in [6.07, 6.45) is -0.575. The smallest absolute Gasteiger partial charge is 0.407 e. The number of hydrogen-bond acceptors (Lipinski definition) is 4. The predicted molar refractivity (Wildman–Crippen MR) is 103 cm³/mol. The van der Waals surface area contributed by atoms with E-state index in [1.54, 1.807) is 6.92 Å². The quantitative estimate of drug-likeness (QED) is 0.827. The van der Waals surface area contributed by atoms with Crippen molar-refractivity contribution in [2.75, 3.05) is 6.61 Å². The number of aliphatic carboxylic acids is 1. The molecule has 1 amide bonds. The Hall–Kier alpha value is -2.86. The molecular weight excluding hydrogens is 358 g/mol. The van der Waals surface area contributed by atoms with Crippen LogP contribution in [0.2, 0.25) is 0 Å². The lowest BCUT2D eigenvalue weighted by atomic mass is 9.98. The average molecular weight is 381 g/mol. The first-order valence-corrected chi connectivity index (χ1v) is 9.54. The van der Waals surface area contributed by atoms with E-state index in [9.17, 15) is 9.59 Å². The molecule has 2 N–H and O–H groups in total. The van der Waals surface area contributed by atoms with Crippen LogP contribution in [0.1, 0.15) is 36.8 Å². The van der Waals surface area contributed by atoms with Crippen molar-refractivity contribution < 1.29 is 24.2 Å². The topological polar surface area (TPSA) is 84.9 Å². The molecule has 0 unspecified atom stereocenters. The lowest BCUT2D eigenvalue weighted by molar-refractivity contribution is -0.149. The lowest BCUT2D eigenvalue weighted by Crippen LogP contribution is -2.42. The summed E-state index contributed by atoms with van der Waals surface area (Å²) >= 11 is 0. The van der Waals surface area contributed by atoms with Crippen molar-refractivity contribution in [1.29, 1.82) is 0 Å². The number of benzene rings is 2. The van der Waals surface area contributed by atoms with Crippen LogP contribution >= 0.6 is 0 Å². The number of nitrogens with one attached hydrogen (secondary N) is 1. The third-order valence-corrected chi connectivity index (χ3v) is 5.57. The zero-order valence-electron chi connectivity index (χ0n) is 15.6. The molecule has 2 aliphatic rings. The summed E-state index contributed by atoms with van der Waals surface area (Å²) in [5.41, 5.74) is 4.68. The van der Waals surface area contributed by atoms with Crippen LogP contribution in [0.15, 0.2) is 48.5 Å². The number of hydrogen-bond donors (Lipinski definition) is 2. The van der Waals surface area contributed by atoms with Gasteiger partial charge < -0.3 is 19.9 Å². The molecule has 146 valence electrons. The Bertz CT molecular complexity index is 851. The van der Waals surface area contributed by atoms with Gasteiger partial charge in [-0.2, -0.15) is 0 Å². The number of ether oxygens (including phenoxy) is 2. The zero-order valence-corrected chi connectivity index (χ0v) is 15.6. The number of carbonyl (C=O) groups is 2. The van der Waals surface area contributed by atoms with Gasteiger partial charge in [0.15, 0.2) is 6.10 Å². The summed E-state index contributed by atoms with van der Waals surface area (Å²) in [5.74, 6) is -0.955. The molecular formula is C22H23NO5. The van der Waals surface area contributed by atoms with Crippen LogP contribution in [0, 0.1) is 0 Å². The van der Waals surface area contributed by atoms with Crippen molar-refractivity contribution in [3.8, 4) is 11.1 Å². The second-order valence-corrected chi connectivity index (χ2v) is 7.34. The molecule has 2 aromatic carbocycles. The van der Waals surface area contributed by atoms with E-state index in [0.29, 0.717) is 12.8 Å². The van der Waals surface area contributed by atoms with Crippen molar-refractivity contribution in [3.63, 3.8) is 0 Å². The minimum Gasteiger partial charge on any atom is -0.479 e. The van der Waals surface area contributed by atoms with E-state index in [2.05, 4.69) is 29.6 Å². The van der Waals surface area contributed by atoms with Gasteiger partial charge in [0.05, 0.1) is 12.1 Å². The van der Waals surface area contributed by atoms with Crippen molar-refractivity contribution in [1.82, 2.24) is 5.32 Å². The van der Waals surface area contributed by atoms with Crippen LogP contribution < -0.4 is 5.32 Å². The summed E-state index contributed by atoms with van der Waals surface area (Å²) in [5, 5.41) is 11.8. The fourth-order valence-corrected chi connectivity index (χ4v) is 4.13. The Morgan fingerprint density at radius 1 is 1.11 bits per heavy atom. The fourth-order valence-electron chi connectivity index (χ4n) is 4.13. The minimum absolute atomic E-state index is 0.00702. The monoisotopic (exact) mass is 381 g/mol. The zero-order chi connectivity index (χ0) is 19.7. The highest BCUT2D eigenvalue weighted by Gasteiger charge is 2.34. The Labute approximate surface area is 163 Å². The lowest BCUT2D eigenvalue weighted by Gasteiger charge is -2.21. The Balaban J connectivity index is 1.37. The van der Waals surface area contributed by atoms with Gasteiger partial charge in [0.25, 0.3) is 0 Å². The first kappa shape index (κ1) is 18.5. The molecule has 1 aliphatic carbocycles. The maximum atomic E-state index is 12.3. The summed E-state index contributed by atoms with van der Waals surface area (Å²) in [6.45, 7) is 2.05. The van der Waals surface area contributed by atoms with Gasteiger partial charge in [0.1, 0.15) is 6.61 Å².